The third-order valence-corrected chi connectivity index (χ3v) is 2.66. The Morgan fingerprint density at radius 2 is 1.80 bits per heavy atom. The molecule has 3 N–H and O–H groups in total. The van der Waals surface area contributed by atoms with Gasteiger partial charge in [-0.2, -0.15) is 0 Å². The first-order valence-electron chi connectivity index (χ1n) is 5.57. The Balaban J connectivity index is 3.57. The fourth-order valence-corrected chi connectivity index (χ4v) is 1.43. The summed E-state index contributed by atoms with van der Waals surface area (Å²) >= 11 is 0. The predicted molar refractivity (Wildman–Crippen MR) is 59.8 cm³/mol. The Kier molecular flexibility index (Phi) is 7.34. The van der Waals surface area contributed by atoms with Gasteiger partial charge in [-0.05, 0) is 25.8 Å². The first-order valence-corrected chi connectivity index (χ1v) is 5.57. The SMILES string of the molecule is CN[C@@H](CCCCC(O)C(C)C)C(=O)O. The molecule has 0 aromatic rings. The maximum Gasteiger partial charge on any atom is 0.320 e. The van der Waals surface area contributed by atoms with Gasteiger partial charge in [0.1, 0.15) is 6.04 Å². The van der Waals surface area contributed by atoms with Crippen LogP contribution in [0.1, 0.15) is 39.5 Å². The second-order valence-electron chi connectivity index (χ2n) is 4.28. The summed E-state index contributed by atoms with van der Waals surface area (Å²) in [6.07, 6.45) is 2.83. The minimum absolute atomic E-state index is 0.261. The first kappa shape index (κ1) is 14.4. The Morgan fingerprint density at radius 3 is 2.20 bits per heavy atom. The van der Waals surface area contributed by atoms with Gasteiger partial charge in [-0.1, -0.05) is 26.7 Å². The third kappa shape index (κ3) is 6.47. The van der Waals surface area contributed by atoms with Crippen molar-refractivity contribution in [3.63, 3.8) is 0 Å². The molecule has 0 aliphatic rings. The van der Waals surface area contributed by atoms with Gasteiger partial charge in [-0.25, -0.2) is 0 Å². The fraction of sp³-hybridized carbons (Fsp3) is 0.909. The highest BCUT2D eigenvalue weighted by atomic mass is 16.4. The normalized spacial score (nSPS) is 15.3. The summed E-state index contributed by atoms with van der Waals surface area (Å²) in [5, 5.41) is 21.0. The van der Waals surface area contributed by atoms with Crippen molar-refractivity contribution in [3.05, 3.63) is 0 Å². The van der Waals surface area contributed by atoms with Gasteiger partial charge >= 0.3 is 5.97 Å². The van der Waals surface area contributed by atoms with Crippen LogP contribution in [-0.4, -0.2) is 35.4 Å². The van der Waals surface area contributed by atoms with Crippen LogP contribution in [0.2, 0.25) is 0 Å². The lowest BCUT2D eigenvalue weighted by molar-refractivity contribution is -0.139. The van der Waals surface area contributed by atoms with Gasteiger partial charge in [0.05, 0.1) is 6.10 Å². The summed E-state index contributed by atoms with van der Waals surface area (Å²) in [5.41, 5.74) is 0. The van der Waals surface area contributed by atoms with E-state index in [1.165, 1.54) is 0 Å². The summed E-state index contributed by atoms with van der Waals surface area (Å²) < 4.78 is 0. The molecule has 0 rings (SSSR count). The number of unbranched alkanes of at least 4 members (excludes halogenated alkanes) is 1. The molecular formula is C11H23NO3. The number of nitrogens with one attached hydrogen (secondary N) is 1. The third-order valence-electron chi connectivity index (χ3n) is 2.66. The number of rotatable bonds is 8. The monoisotopic (exact) mass is 217 g/mol. The molecule has 0 saturated carbocycles. The van der Waals surface area contributed by atoms with Crippen molar-refractivity contribution in [2.45, 2.75) is 51.7 Å². The number of carbonyl (C=O) groups is 1. The smallest absolute Gasteiger partial charge is 0.320 e. The lowest BCUT2D eigenvalue weighted by atomic mass is 10.00. The molecule has 15 heavy (non-hydrogen) atoms. The molecule has 0 spiro atoms. The number of aliphatic hydroxyl groups is 1. The average molecular weight is 217 g/mol. The van der Waals surface area contributed by atoms with E-state index in [-0.39, 0.29) is 12.0 Å². The van der Waals surface area contributed by atoms with E-state index in [9.17, 15) is 9.90 Å². The van der Waals surface area contributed by atoms with Crippen molar-refractivity contribution < 1.29 is 15.0 Å². The molecule has 0 heterocycles. The Hall–Kier alpha value is -0.610. The number of carboxylic acid groups (broad SMARTS) is 1. The minimum Gasteiger partial charge on any atom is -0.480 e. The van der Waals surface area contributed by atoms with E-state index in [0.717, 1.165) is 19.3 Å². The highest BCUT2D eigenvalue weighted by Gasteiger charge is 2.14. The van der Waals surface area contributed by atoms with Gasteiger partial charge < -0.3 is 15.5 Å². The number of aliphatic carboxylic acids is 1. The van der Waals surface area contributed by atoms with E-state index in [1.807, 2.05) is 13.8 Å². The van der Waals surface area contributed by atoms with Crippen molar-refractivity contribution in [1.82, 2.24) is 5.32 Å². The zero-order chi connectivity index (χ0) is 11.8. The molecule has 4 heteroatoms. The van der Waals surface area contributed by atoms with Gasteiger partial charge in [0, 0.05) is 0 Å². The van der Waals surface area contributed by atoms with E-state index in [1.54, 1.807) is 7.05 Å². The summed E-state index contributed by atoms with van der Waals surface area (Å²) in [7, 11) is 1.65. The lowest BCUT2D eigenvalue weighted by Crippen LogP contribution is -2.33. The maximum atomic E-state index is 10.7. The van der Waals surface area contributed by atoms with Gasteiger partial charge in [-0.15, -0.1) is 0 Å². The molecule has 0 aromatic carbocycles. The van der Waals surface area contributed by atoms with Crippen molar-refractivity contribution in [1.29, 1.82) is 0 Å². The summed E-state index contributed by atoms with van der Waals surface area (Å²) in [4.78, 5) is 10.7. The summed E-state index contributed by atoms with van der Waals surface area (Å²) in [5.74, 6) is -0.522. The van der Waals surface area contributed by atoms with E-state index in [0.29, 0.717) is 6.42 Å². The van der Waals surface area contributed by atoms with Crippen molar-refractivity contribution in [3.8, 4) is 0 Å². The largest absolute Gasteiger partial charge is 0.480 e. The zero-order valence-electron chi connectivity index (χ0n) is 9.86. The number of hydrogen-bond acceptors (Lipinski definition) is 3. The second-order valence-corrected chi connectivity index (χ2v) is 4.28. The fourth-order valence-electron chi connectivity index (χ4n) is 1.43. The van der Waals surface area contributed by atoms with Crippen LogP contribution < -0.4 is 5.32 Å². The van der Waals surface area contributed by atoms with Gasteiger partial charge in [-0.3, -0.25) is 4.79 Å². The molecule has 0 aromatic heterocycles. The van der Waals surface area contributed by atoms with Crippen molar-refractivity contribution in [2.75, 3.05) is 7.05 Å². The molecule has 0 bridgehead atoms. The molecule has 1 unspecified atom stereocenters. The molecular weight excluding hydrogens is 194 g/mol. The van der Waals surface area contributed by atoms with Crippen LogP contribution in [0.4, 0.5) is 0 Å². The standard InChI is InChI=1S/C11H23NO3/c1-8(2)10(13)7-5-4-6-9(12-3)11(14)15/h8-10,12-13H,4-7H2,1-3H3,(H,14,15)/t9-,10?/m0/s1. The van der Waals surface area contributed by atoms with Crippen LogP contribution in [0.15, 0.2) is 0 Å². The first-order chi connectivity index (χ1) is 6.99. The molecule has 0 aliphatic heterocycles. The number of carboxylic acids is 1. The summed E-state index contributed by atoms with van der Waals surface area (Å²) in [6, 6.07) is -0.457. The van der Waals surface area contributed by atoms with E-state index in [2.05, 4.69) is 5.32 Å². The van der Waals surface area contributed by atoms with E-state index in [4.69, 9.17) is 5.11 Å². The molecule has 0 saturated heterocycles. The molecule has 0 amide bonds. The van der Waals surface area contributed by atoms with E-state index >= 15 is 0 Å². The summed E-state index contributed by atoms with van der Waals surface area (Å²) in [6.45, 7) is 3.97. The molecule has 4 nitrogen and oxygen atoms in total. The van der Waals surface area contributed by atoms with Gasteiger partial charge in [0.25, 0.3) is 0 Å². The van der Waals surface area contributed by atoms with Crippen LogP contribution >= 0.6 is 0 Å². The topological polar surface area (TPSA) is 69.6 Å². The highest BCUT2D eigenvalue weighted by molar-refractivity contribution is 5.73. The van der Waals surface area contributed by atoms with Gasteiger partial charge in [0.2, 0.25) is 0 Å². The maximum absolute atomic E-state index is 10.7. The van der Waals surface area contributed by atoms with Crippen LogP contribution in [0.25, 0.3) is 0 Å². The number of likely N-dealkylation sites (N-methyl/N-ethyl adjacent to an activating group) is 1. The number of hydrogen-bond donors (Lipinski definition) is 3. The molecule has 0 radical (unpaired) electrons. The predicted octanol–water partition coefficient (Wildman–Crippen LogP) is 1.24. The second kappa shape index (κ2) is 7.65. The van der Waals surface area contributed by atoms with Crippen LogP contribution in [-0.2, 0) is 4.79 Å². The Morgan fingerprint density at radius 1 is 1.27 bits per heavy atom. The molecule has 0 aliphatic carbocycles. The zero-order valence-corrected chi connectivity index (χ0v) is 9.86. The van der Waals surface area contributed by atoms with E-state index < -0.39 is 12.0 Å². The van der Waals surface area contributed by atoms with Crippen molar-refractivity contribution >= 4 is 5.97 Å². The van der Waals surface area contributed by atoms with Crippen LogP contribution in [0.3, 0.4) is 0 Å². The van der Waals surface area contributed by atoms with Crippen molar-refractivity contribution in [2.24, 2.45) is 5.92 Å². The van der Waals surface area contributed by atoms with Gasteiger partial charge in [0.15, 0.2) is 0 Å². The molecule has 90 valence electrons. The molecule has 0 fully saturated rings. The average Bonchev–Trinajstić information content (AvgIpc) is 2.16. The Labute approximate surface area is 91.7 Å². The quantitative estimate of drug-likeness (QED) is 0.535. The lowest BCUT2D eigenvalue weighted by Gasteiger charge is -2.15. The number of aliphatic hydroxyl groups excluding tert-OH is 1. The van der Waals surface area contributed by atoms with Crippen LogP contribution in [0.5, 0.6) is 0 Å². The molecule has 2 atom stereocenters. The minimum atomic E-state index is -0.804. The Bertz CT molecular complexity index is 183. The highest BCUT2D eigenvalue weighted by Crippen LogP contribution is 2.11. The van der Waals surface area contributed by atoms with Crippen LogP contribution in [0, 0.1) is 5.92 Å².